The fraction of sp³-hybridized carbons (Fsp3) is 0.462. The summed E-state index contributed by atoms with van der Waals surface area (Å²) in [4.78, 5) is 14.2. The molecule has 0 saturated heterocycles. The molecule has 84 valence electrons. The van der Waals surface area contributed by atoms with Crippen LogP contribution in [-0.2, 0) is 10.3 Å². The highest BCUT2D eigenvalue weighted by Gasteiger charge is 2.45. The number of carbonyl (C=O) groups excluding carboxylic acids is 1. The molecule has 0 amide bonds. The zero-order valence-corrected chi connectivity index (χ0v) is 9.53. The Hall–Kier alpha value is -1.60. The highest BCUT2D eigenvalue weighted by Crippen LogP contribution is 2.50. The third kappa shape index (κ3) is 1.86. The normalized spacial score (nSPS) is 16.9. The maximum Gasteiger partial charge on any atom is 0.235 e. The molecule has 0 aliphatic heterocycles. The number of hydrogen-bond acceptors (Lipinski definition) is 3. The Bertz CT molecular complexity index is 455. The minimum absolute atomic E-state index is 0.244. The molecule has 1 aromatic carbocycles. The van der Waals surface area contributed by atoms with Crippen molar-refractivity contribution in [2.75, 3.05) is 0 Å². The van der Waals surface area contributed by atoms with Gasteiger partial charge in [-0.25, -0.2) is 4.79 Å². The summed E-state index contributed by atoms with van der Waals surface area (Å²) < 4.78 is 0. The smallest absolute Gasteiger partial charge is 0.235 e. The molecule has 1 aliphatic rings. The monoisotopic (exact) mass is 217 g/mol. The van der Waals surface area contributed by atoms with E-state index >= 15 is 0 Å². The second-order valence-electron chi connectivity index (χ2n) is 4.70. The van der Waals surface area contributed by atoms with Gasteiger partial charge in [0.15, 0.2) is 0 Å². The first-order chi connectivity index (χ1) is 7.57. The molecule has 1 saturated carbocycles. The van der Waals surface area contributed by atoms with E-state index in [4.69, 9.17) is 0 Å². The highest BCUT2D eigenvalue weighted by molar-refractivity contribution is 5.45. The summed E-state index contributed by atoms with van der Waals surface area (Å²) in [7, 11) is 0. The maximum atomic E-state index is 10.4. The van der Waals surface area contributed by atoms with E-state index in [1.165, 1.54) is 0 Å². The predicted molar refractivity (Wildman–Crippen MR) is 61.2 cm³/mol. The maximum absolute atomic E-state index is 10.4. The van der Waals surface area contributed by atoms with Gasteiger partial charge in [-0.1, -0.05) is 19.9 Å². The molecule has 0 aromatic heterocycles. The van der Waals surface area contributed by atoms with Crippen molar-refractivity contribution in [1.82, 2.24) is 0 Å². The largest absolute Gasteiger partial charge is 0.508 e. The molecule has 0 bridgehead atoms. The van der Waals surface area contributed by atoms with Crippen LogP contribution in [0.3, 0.4) is 0 Å². The van der Waals surface area contributed by atoms with E-state index in [0.717, 1.165) is 24.0 Å². The van der Waals surface area contributed by atoms with Gasteiger partial charge in [-0.05, 0) is 42.0 Å². The molecule has 1 aromatic rings. The Kier molecular flexibility index (Phi) is 2.56. The minimum Gasteiger partial charge on any atom is -0.508 e. The van der Waals surface area contributed by atoms with Crippen molar-refractivity contribution < 1.29 is 9.90 Å². The van der Waals surface area contributed by atoms with Gasteiger partial charge in [-0.15, -0.1) is 0 Å². The average molecular weight is 217 g/mol. The fourth-order valence-electron chi connectivity index (χ4n) is 1.91. The van der Waals surface area contributed by atoms with Crippen LogP contribution in [0.5, 0.6) is 5.75 Å². The van der Waals surface area contributed by atoms with Crippen molar-refractivity contribution in [2.45, 2.75) is 38.1 Å². The van der Waals surface area contributed by atoms with Crippen LogP contribution in [-0.4, -0.2) is 11.2 Å². The predicted octanol–water partition coefficient (Wildman–Crippen LogP) is 2.84. The van der Waals surface area contributed by atoms with Crippen molar-refractivity contribution in [2.24, 2.45) is 4.99 Å². The van der Waals surface area contributed by atoms with Gasteiger partial charge >= 0.3 is 0 Å². The van der Waals surface area contributed by atoms with Crippen LogP contribution >= 0.6 is 0 Å². The molecule has 16 heavy (non-hydrogen) atoms. The standard InChI is InChI=1S/C13H15NO2/c1-9(2)10-5-11(7-12(16)6-10)13(3-4-13)14-8-15/h5-7,9,16H,3-4H2,1-2H3. The van der Waals surface area contributed by atoms with Gasteiger partial charge in [-0.3, -0.25) is 0 Å². The van der Waals surface area contributed by atoms with Crippen LogP contribution in [0.4, 0.5) is 0 Å². The Labute approximate surface area is 94.8 Å². The van der Waals surface area contributed by atoms with E-state index in [-0.39, 0.29) is 5.75 Å². The van der Waals surface area contributed by atoms with E-state index in [9.17, 15) is 9.90 Å². The summed E-state index contributed by atoms with van der Waals surface area (Å²) in [6.45, 7) is 4.14. The fourth-order valence-corrected chi connectivity index (χ4v) is 1.91. The third-order valence-electron chi connectivity index (χ3n) is 3.13. The molecule has 0 spiro atoms. The topological polar surface area (TPSA) is 49.7 Å². The van der Waals surface area contributed by atoms with Gasteiger partial charge in [0.2, 0.25) is 6.08 Å². The lowest BCUT2D eigenvalue weighted by atomic mass is 9.96. The number of hydrogen-bond donors (Lipinski definition) is 1. The van der Waals surface area contributed by atoms with Crippen LogP contribution in [0.1, 0.15) is 43.7 Å². The van der Waals surface area contributed by atoms with E-state index in [2.05, 4.69) is 18.8 Å². The molecular formula is C13H15NO2. The van der Waals surface area contributed by atoms with Gasteiger partial charge in [0.25, 0.3) is 0 Å². The van der Waals surface area contributed by atoms with Crippen molar-refractivity contribution in [3.05, 3.63) is 29.3 Å². The first-order valence-corrected chi connectivity index (χ1v) is 5.51. The van der Waals surface area contributed by atoms with Crippen LogP contribution in [0.25, 0.3) is 0 Å². The SMILES string of the molecule is CC(C)c1cc(O)cc(C2(N=C=O)CC2)c1. The molecule has 0 atom stereocenters. The van der Waals surface area contributed by atoms with Gasteiger partial charge in [0.1, 0.15) is 5.75 Å². The average Bonchev–Trinajstić information content (AvgIpc) is 2.98. The molecule has 2 rings (SSSR count). The number of phenols is 1. The summed E-state index contributed by atoms with van der Waals surface area (Å²) in [6, 6.07) is 5.48. The van der Waals surface area contributed by atoms with Gasteiger partial charge in [0, 0.05) is 0 Å². The highest BCUT2D eigenvalue weighted by atomic mass is 16.3. The molecule has 0 heterocycles. The number of aliphatic imine (C=N–C) groups is 1. The lowest BCUT2D eigenvalue weighted by Crippen LogP contribution is -2.03. The van der Waals surface area contributed by atoms with Crippen LogP contribution < -0.4 is 0 Å². The van der Waals surface area contributed by atoms with Gasteiger partial charge < -0.3 is 5.11 Å². The Balaban J connectivity index is 2.45. The first kappa shape index (κ1) is 10.9. The van der Waals surface area contributed by atoms with E-state index in [1.807, 2.05) is 6.07 Å². The quantitative estimate of drug-likeness (QED) is 0.625. The van der Waals surface area contributed by atoms with E-state index in [1.54, 1.807) is 18.2 Å². The Morgan fingerprint density at radius 1 is 1.38 bits per heavy atom. The summed E-state index contributed by atoms with van der Waals surface area (Å²) in [5, 5.41) is 9.66. The van der Waals surface area contributed by atoms with Gasteiger partial charge in [-0.2, -0.15) is 4.99 Å². The Morgan fingerprint density at radius 2 is 2.06 bits per heavy atom. The molecule has 1 aliphatic carbocycles. The number of isocyanates is 1. The van der Waals surface area contributed by atoms with Crippen LogP contribution in [0, 0.1) is 0 Å². The summed E-state index contributed by atoms with van der Waals surface area (Å²) in [5.74, 6) is 0.593. The van der Waals surface area contributed by atoms with E-state index < -0.39 is 5.54 Å². The summed E-state index contributed by atoms with van der Waals surface area (Å²) in [5.41, 5.74) is 1.60. The number of phenolic OH excluding ortho intramolecular Hbond substituents is 1. The van der Waals surface area contributed by atoms with Crippen molar-refractivity contribution >= 4 is 6.08 Å². The van der Waals surface area contributed by atoms with Crippen molar-refractivity contribution in [3.63, 3.8) is 0 Å². The minimum atomic E-state index is -0.399. The second-order valence-corrected chi connectivity index (χ2v) is 4.70. The van der Waals surface area contributed by atoms with E-state index in [0.29, 0.717) is 5.92 Å². The zero-order valence-electron chi connectivity index (χ0n) is 9.53. The van der Waals surface area contributed by atoms with Crippen molar-refractivity contribution in [3.8, 4) is 5.75 Å². The van der Waals surface area contributed by atoms with Crippen molar-refractivity contribution in [1.29, 1.82) is 0 Å². The number of benzene rings is 1. The summed E-state index contributed by atoms with van der Waals surface area (Å²) in [6.07, 6.45) is 3.36. The Morgan fingerprint density at radius 3 is 2.56 bits per heavy atom. The zero-order chi connectivity index (χ0) is 11.8. The molecule has 3 heteroatoms. The number of nitrogens with zero attached hydrogens (tertiary/aromatic N) is 1. The third-order valence-corrected chi connectivity index (χ3v) is 3.13. The lowest BCUT2D eigenvalue weighted by Gasteiger charge is -2.13. The summed E-state index contributed by atoms with van der Waals surface area (Å²) >= 11 is 0. The van der Waals surface area contributed by atoms with Gasteiger partial charge in [0.05, 0.1) is 5.54 Å². The number of rotatable bonds is 3. The lowest BCUT2D eigenvalue weighted by molar-refractivity contribution is 0.472. The molecule has 3 nitrogen and oxygen atoms in total. The molecule has 0 radical (unpaired) electrons. The molecule has 1 N–H and O–H groups in total. The van der Waals surface area contributed by atoms with Crippen LogP contribution in [0.2, 0.25) is 0 Å². The second kappa shape index (κ2) is 3.76. The molecule has 0 unspecified atom stereocenters. The van der Waals surface area contributed by atoms with Crippen LogP contribution in [0.15, 0.2) is 23.2 Å². The number of aromatic hydroxyl groups is 1. The first-order valence-electron chi connectivity index (χ1n) is 5.51. The molecular weight excluding hydrogens is 202 g/mol. The molecule has 1 fully saturated rings.